The number of rotatable bonds is 3. The quantitative estimate of drug-likeness (QED) is 0.849. The molecule has 1 radical (unpaired) electrons. The van der Waals surface area contributed by atoms with E-state index >= 15 is 0 Å². The van der Waals surface area contributed by atoms with Gasteiger partial charge in [0.05, 0.1) is 5.69 Å². The van der Waals surface area contributed by atoms with Gasteiger partial charge in [-0.2, -0.15) is 0 Å². The van der Waals surface area contributed by atoms with E-state index in [9.17, 15) is 0 Å². The standard InChI is InChI=1S/C13H14N3/c1-2-11-12(9-5-6-9)16-13(15-11)10-4-3-7-14-8-10/h3-4,7-9H,1-2,5-6H2,(H,15,16). The molecule has 0 aromatic carbocycles. The van der Waals surface area contributed by atoms with Crippen molar-refractivity contribution in [2.75, 3.05) is 0 Å². The summed E-state index contributed by atoms with van der Waals surface area (Å²) in [6, 6.07) is 3.95. The largest absolute Gasteiger partial charge is 0.342 e. The van der Waals surface area contributed by atoms with E-state index in [1.165, 1.54) is 24.2 Å². The molecular formula is C13H14N3. The Morgan fingerprint density at radius 3 is 2.94 bits per heavy atom. The monoisotopic (exact) mass is 212 g/mol. The minimum Gasteiger partial charge on any atom is -0.342 e. The van der Waals surface area contributed by atoms with Gasteiger partial charge in [0.25, 0.3) is 0 Å². The van der Waals surface area contributed by atoms with Crippen LogP contribution >= 0.6 is 0 Å². The van der Waals surface area contributed by atoms with Crippen molar-refractivity contribution in [1.29, 1.82) is 0 Å². The smallest absolute Gasteiger partial charge is 0.139 e. The number of imidazole rings is 1. The van der Waals surface area contributed by atoms with Crippen molar-refractivity contribution in [3.8, 4) is 11.4 Å². The summed E-state index contributed by atoms with van der Waals surface area (Å²) in [4.78, 5) is 12.1. The number of H-pyrrole nitrogens is 1. The lowest BCUT2D eigenvalue weighted by Gasteiger charge is -1.93. The number of aromatic amines is 1. The molecule has 2 aromatic heterocycles. The second-order valence-electron chi connectivity index (χ2n) is 4.22. The molecule has 3 rings (SSSR count). The molecule has 2 aromatic rings. The van der Waals surface area contributed by atoms with Gasteiger partial charge in [-0.15, -0.1) is 0 Å². The molecule has 0 aliphatic heterocycles. The normalized spacial score (nSPS) is 15.3. The maximum absolute atomic E-state index is 4.68. The molecule has 1 fully saturated rings. The zero-order valence-electron chi connectivity index (χ0n) is 9.11. The van der Waals surface area contributed by atoms with Gasteiger partial charge in [0.15, 0.2) is 0 Å². The number of nitrogens with one attached hydrogen (secondary N) is 1. The Bertz CT molecular complexity index is 483. The lowest BCUT2D eigenvalue weighted by Crippen LogP contribution is -1.87. The summed E-state index contributed by atoms with van der Waals surface area (Å²) >= 11 is 0. The van der Waals surface area contributed by atoms with Crippen LogP contribution in [0.5, 0.6) is 0 Å². The third-order valence-corrected chi connectivity index (χ3v) is 2.96. The first-order valence-corrected chi connectivity index (χ1v) is 5.67. The topological polar surface area (TPSA) is 41.6 Å². The van der Waals surface area contributed by atoms with Crippen LogP contribution in [0.3, 0.4) is 0 Å². The molecule has 0 unspecified atom stereocenters. The Labute approximate surface area is 95.0 Å². The van der Waals surface area contributed by atoms with Crippen LogP contribution in [0, 0.1) is 6.92 Å². The van der Waals surface area contributed by atoms with Crippen LogP contribution < -0.4 is 0 Å². The number of pyridine rings is 1. The minimum absolute atomic E-state index is 0.665. The zero-order valence-corrected chi connectivity index (χ0v) is 9.11. The molecule has 1 aliphatic rings. The summed E-state index contributed by atoms with van der Waals surface area (Å²) in [6.45, 7) is 3.95. The van der Waals surface area contributed by atoms with Gasteiger partial charge in [0, 0.05) is 29.6 Å². The Balaban J connectivity index is 2.02. The number of aromatic nitrogens is 3. The van der Waals surface area contributed by atoms with Crippen LogP contribution in [0.1, 0.15) is 30.1 Å². The third-order valence-electron chi connectivity index (χ3n) is 2.96. The maximum atomic E-state index is 4.68. The molecule has 3 nitrogen and oxygen atoms in total. The van der Waals surface area contributed by atoms with Gasteiger partial charge in [-0.25, -0.2) is 4.98 Å². The van der Waals surface area contributed by atoms with Crippen molar-refractivity contribution in [3.05, 3.63) is 42.8 Å². The average Bonchev–Trinajstić information content (AvgIpc) is 3.10. The highest BCUT2D eigenvalue weighted by molar-refractivity contribution is 5.54. The van der Waals surface area contributed by atoms with Crippen LogP contribution in [0.4, 0.5) is 0 Å². The van der Waals surface area contributed by atoms with E-state index in [1.54, 1.807) is 6.20 Å². The maximum Gasteiger partial charge on any atom is 0.139 e. The summed E-state index contributed by atoms with van der Waals surface area (Å²) in [5.41, 5.74) is 3.44. The van der Waals surface area contributed by atoms with Crippen molar-refractivity contribution in [1.82, 2.24) is 15.0 Å². The fourth-order valence-electron chi connectivity index (χ4n) is 1.95. The Kier molecular flexibility index (Phi) is 2.24. The van der Waals surface area contributed by atoms with E-state index in [1.807, 2.05) is 18.3 Å². The summed E-state index contributed by atoms with van der Waals surface area (Å²) in [6.07, 6.45) is 6.92. The fourth-order valence-corrected chi connectivity index (χ4v) is 1.95. The molecule has 0 atom stereocenters. The van der Waals surface area contributed by atoms with Crippen molar-refractivity contribution in [2.24, 2.45) is 0 Å². The predicted octanol–water partition coefficient (Wildman–Crippen LogP) is 2.73. The van der Waals surface area contributed by atoms with Crippen LogP contribution in [0.25, 0.3) is 11.4 Å². The molecule has 0 spiro atoms. The Hall–Kier alpha value is -1.64. The highest BCUT2D eigenvalue weighted by atomic mass is 14.9. The minimum atomic E-state index is 0.665. The average molecular weight is 212 g/mol. The molecule has 0 bridgehead atoms. The third kappa shape index (κ3) is 1.62. The highest BCUT2D eigenvalue weighted by Crippen LogP contribution is 2.41. The van der Waals surface area contributed by atoms with E-state index in [-0.39, 0.29) is 0 Å². The molecule has 2 heterocycles. The Morgan fingerprint density at radius 1 is 1.44 bits per heavy atom. The lowest BCUT2D eigenvalue weighted by molar-refractivity contribution is 1.00. The molecule has 1 saturated carbocycles. The first-order chi connectivity index (χ1) is 7.88. The fraction of sp³-hybridized carbons (Fsp3) is 0.308. The summed E-state index contributed by atoms with van der Waals surface area (Å²) in [5, 5.41) is 0. The highest BCUT2D eigenvalue weighted by Gasteiger charge is 2.28. The van der Waals surface area contributed by atoms with Crippen molar-refractivity contribution in [3.63, 3.8) is 0 Å². The van der Waals surface area contributed by atoms with Gasteiger partial charge in [-0.1, -0.05) is 0 Å². The molecule has 81 valence electrons. The van der Waals surface area contributed by atoms with E-state index < -0.39 is 0 Å². The predicted molar refractivity (Wildman–Crippen MR) is 62.9 cm³/mol. The van der Waals surface area contributed by atoms with E-state index in [2.05, 4.69) is 21.9 Å². The molecular weight excluding hydrogens is 198 g/mol. The number of hydrogen-bond acceptors (Lipinski definition) is 2. The van der Waals surface area contributed by atoms with Crippen LogP contribution in [0.15, 0.2) is 24.5 Å². The summed E-state index contributed by atoms with van der Waals surface area (Å²) in [5.74, 6) is 1.59. The van der Waals surface area contributed by atoms with E-state index in [0.717, 1.165) is 17.8 Å². The van der Waals surface area contributed by atoms with Gasteiger partial charge in [0.1, 0.15) is 5.82 Å². The van der Waals surface area contributed by atoms with Gasteiger partial charge in [-0.3, -0.25) is 4.98 Å². The van der Waals surface area contributed by atoms with Crippen molar-refractivity contribution >= 4 is 0 Å². The van der Waals surface area contributed by atoms with Crippen molar-refractivity contribution < 1.29 is 0 Å². The zero-order chi connectivity index (χ0) is 11.0. The molecule has 3 heteroatoms. The SMILES string of the molecule is [CH2]Cc1[nH]c(-c2cccnc2)nc1C1CC1. The molecule has 0 saturated heterocycles. The summed E-state index contributed by atoms with van der Waals surface area (Å²) < 4.78 is 0. The second-order valence-corrected chi connectivity index (χ2v) is 4.22. The molecule has 0 amide bonds. The molecule has 16 heavy (non-hydrogen) atoms. The summed E-state index contributed by atoms with van der Waals surface area (Å²) in [7, 11) is 0. The van der Waals surface area contributed by atoms with Crippen LogP contribution in [0.2, 0.25) is 0 Å². The van der Waals surface area contributed by atoms with Gasteiger partial charge in [0.2, 0.25) is 0 Å². The number of hydrogen-bond donors (Lipinski definition) is 1. The number of nitrogens with zero attached hydrogens (tertiary/aromatic N) is 2. The first kappa shape index (κ1) is 9.58. The first-order valence-electron chi connectivity index (χ1n) is 5.67. The van der Waals surface area contributed by atoms with Gasteiger partial charge < -0.3 is 4.98 Å². The van der Waals surface area contributed by atoms with Gasteiger partial charge >= 0.3 is 0 Å². The van der Waals surface area contributed by atoms with E-state index in [4.69, 9.17) is 0 Å². The molecule has 1 aliphatic carbocycles. The second kappa shape index (κ2) is 3.74. The van der Waals surface area contributed by atoms with Crippen LogP contribution in [-0.4, -0.2) is 15.0 Å². The lowest BCUT2D eigenvalue weighted by atomic mass is 10.2. The van der Waals surface area contributed by atoms with E-state index in [0.29, 0.717) is 5.92 Å². The Morgan fingerprint density at radius 2 is 2.31 bits per heavy atom. The van der Waals surface area contributed by atoms with Gasteiger partial charge in [-0.05, 0) is 38.3 Å². The van der Waals surface area contributed by atoms with Crippen LogP contribution in [-0.2, 0) is 6.42 Å². The van der Waals surface area contributed by atoms with Crippen molar-refractivity contribution in [2.45, 2.75) is 25.2 Å². The molecule has 1 N–H and O–H groups in total.